The molecular formula is C37H35Cl2N7O4. The first-order chi connectivity index (χ1) is 24.0. The number of pyridine rings is 2. The van der Waals surface area contributed by atoms with Gasteiger partial charge in [-0.3, -0.25) is 23.6 Å². The molecule has 2 saturated heterocycles. The van der Waals surface area contributed by atoms with Crippen molar-refractivity contribution in [3.8, 4) is 28.3 Å². The number of likely N-dealkylation sites (tertiary alicyclic amines) is 1. The molecule has 13 heteroatoms. The maximum atomic E-state index is 13.3. The van der Waals surface area contributed by atoms with Crippen LogP contribution < -0.4 is 26.6 Å². The quantitative estimate of drug-likeness (QED) is 0.231. The first-order valence-corrected chi connectivity index (χ1v) is 17.3. The predicted molar refractivity (Wildman–Crippen MR) is 195 cm³/mol. The van der Waals surface area contributed by atoms with Crippen LogP contribution in [0, 0.1) is 6.92 Å². The summed E-state index contributed by atoms with van der Waals surface area (Å²) in [5.41, 5.74) is 5.78. The van der Waals surface area contributed by atoms with Gasteiger partial charge in [0.15, 0.2) is 0 Å². The molecule has 3 aromatic heterocycles. The number of benzene rings is 2. The van der Waals surface area contributed by atoms with Gasteiger partial charge >= 0.3 is 5.69 Å². The Morgan fingerprint density at radius 1 is 0.940 bits per heavy atom. The topological polar surface area (TPSA) is 123 Å². The molecular weight excluding hydrogens is 677 g/mol. The van der Waals surface area contributed by atoms with Gasteiger partial charge in [0.25, 0.3) is 5.56 Å². The van der Waals surface area contributed by atoms with Crippen LogP contribution >= 0.6 is 23.2 Å². The summed E-state index contributed by atoms with van der Waals surface area (Å²) in [6, 6.07) is 15.3. The Labute approximate surface area is 297 Å². The van der Waals surface area contributed by atoms with E-state index in [1.807, 2.05) is 30.3 Å². The van der Waals surface area contributed by atoms with Gasteiger partial charge < -0.3 is 15.4 Å². The summed E-state index contributed by atoms with van der Waals surface area (Å²) in [4.78, 5) is 49.8. The molecule has 1 atom stereocenters. The Balaban J connectivity index is 1.13. The highest BCUT2D eigenvalue weighted by atomic mass is 35.5. The van der Waals surface area contributed by atoms with E-state index in [4.69, 9.17) is 32.9 Å². The second-order valence-corrected chi connectivity index (χ2v) is 14.3. The van der Waals surface area contributed by atoms with Gasteiger partial charge in [-0.1, -0.05) is 53.5 Å². The number of anilines is 2. The van der Waals surface area contributed by atoms with Crippen molar-refractivity contribution in [3.05, 3.63) is 96.2 Å². The second-order valence-electron chi connectivity index (χ2n) is 13.5. The fourth-order valence-electron chi connectivity index (χ4n) is 7.91. The van der Waals surface area contributed by atoms with Gasteiger partial charge in [-0.15, -0.1) is 0 Å². The van der Waals surface area contributed by atoms with Crippen molar-refractivity contribution in [3.63, 3.8) is 0 Å². The number of hydrogen-bond acceptors (Lipinski definition) is 8. The molecule has 1 spiro atoms. The van der Waals surface area contributed by atoms with Crippen molar-refractivity contribution in [2.45, 2.75) is 44.2 Å². The van der Waals surface area contributed by atoms with Gasteiger partial charge in [0.1, 0.15) is 11.2 Å². The third-order valence-corrected chi connectivity index (χ3v) is 11.2. The van der Waals surface area contributed by atoms with Crippen LogP contribution in [0.4, 0.5) is 11.5 Å². The minimum atomic E-state index is -0.458. The van der Waals surface area contributed by atoms with E-state index in [1.54, 1.807) is 33.2 Å². The van der Waals surface area contributed by atoms with Crippen LogP contribution in [0.15, 0.2) is 58.1 Å². The summed E-state index contributed by atoms with van der Waals surface area (Å²) in [7, 11) is 4.71. The lowest BCUT2D eigenvalue weighted by molar-refractivity contribution is -0.121. The third-order valence-electron chi connectivity index (χ3n) is 10.4. The molecule has 8 rings (SSSR count). The highest BCUT2D eigenvalue weighted by Gasteiger charge is 2.51. The number of fused-ring (bicyclic) bond motifs is 2. The Morgan fingerprint density at radius 2 is 1.66 bits per heavy atom. The van der Waals surface area contributed by atoms with E-state index in [2.05, 4.69) is 26.6 Å². The molecule has 1 amide bonds. The number of ether oxygens (including phenoxy) is 1. The lowest BCUT2D eigenvalue weighted by Gasteiger charge is -2.50. The Morgan fingerprint density at radius 3 is 2.38 bits per heavy atom. The zero-order chi connectivity index (χ0) is 35.1. The van der Waals surface area contributed by atoms with Crippen molar-refractivity contribution in [2.75, 3.05) is 25.5 Å². The number of methoxy groups -OCH3 is 1. The normalized spacial score (nSPS) is 18.0. The zero-order valence-electron chi connectivity index (χ0n) is 28.1. The zero-order valence-corrected chi connectivity index (χ0v) is 29.6. The number of rotatable bonds is 6. The van der Waals surface area contributed by atoms with E-state index in [0.29, 0.717) is 61.9 Å². The Bertz CT molecular complexity index is 2380. The predicted octanol–water partition coefficient (Wildman–Crippen LogP) is 5.68. The number of nitrogens with one attached hydrogen (secondary N) is 2. The largest absolute Gasteiger partial charge is 0.481 e. The lowest BCUT2D eigenvalue weighted by Crippen LogP contribution is -2.67. The second kappa shape index (κ2) is 12.0. The fourth-order valence-corrected chi connectivity index (χ4v) is 8.51. The standard InChI is InChI=1S/C37H35Cl2N7O4/c1-19-15-27-30(35(48)45(3)36(49)44(27)2)33(40-19)41-24-10-6-8-22(32(24)39)21-7-5-9-23(31(21)38)25-16-20-11-12-26(29(20)34(42-25)50-4)46-17-37(18-46)14-13-28(47)43-37/h5-10,15-16,26H,11-14,17-18H2,1-4H3,(H,40,41)(H,43,47). The first-order valence-electron chi connectivity index (χ1n) is 16.5. The van der Waals surface area contributed by atoms with E-state index in [9.17, 15) is 14.4 Å². The van der Waals surface area contributed by atoms with Crippen molar-refractivity contribution in [2.24, 2.45) is 14.1 Å². The van der Waals surface area contributed by atoms with Gasteiger partial charge in [0.05, 0.1) is 39.6 Å². The van der Waals surface area contributed by atoms with Gasteiger partial charge in [0, 0.05) is 67.6 Å². The van der Waals surface area contributed by atoms with Gasteiger partial charge in [-0.05, 0) is 49.9 Å². The molecule has 1 aliphatic carbocycles. The molecule has 50 heavy (non-hydrogen) atoms. The minimum Gasteiger partial charge on any atom is -0.481 e. The van der Waals surface area contributed by atoms with Crippen molar-refractivity contribution in [1.29, 1.82) is 0 Å². The van der Waals surface area contributed by atoms with E-state index < -0.39 is 11.2 Å². The monoisotopic (exact) mass is 711 g/mol. The van der Waals surface area contributed by atoms with Crippen LogP contribution in [0.1, 0.15) is 42.1 Å². The van der Waals surface area contributed by atoms with Gasteiger partial charge in [-0.2, -0.15) is 0 Å². The molecule has 2 fully saturated rings. The number of aryl methyl sites for hydroxylation is 3. The maximum absolute atomic E-state index is 13.3. The summed E-state index contributed by atoms with van der Waals surface area (Å²) in [6.07, 6.45) is 3.33. The van der Waals surface area contributed by atoms with Crippen LogP contribution in [0.3, 0.4) is 0 Å². The van der Waals surface area contributed by atoms with E-state index in [1.165, 1.54) is 17.2 Å². The molecule has 2 aliphatic heterocycles. The molecule has 0 radical (unpaired) electrons. The van der Waals surface area contributed by atoms with Crippen LogP contribution in [0.2, 0.25) is 10.0 Å². The number of nitrogens with zero attached hydrogens (tertiary/aromatic N) is 5. The lowest BCUT2D eigenvalue weighted by atomic mass is 9.86. The Hall–Kier alpha value is -4.71. The highest BCUT2D eigenvalue weighted by molar-refractivity contribution is 6.39. The van der Waals surface area contributed by atoms with Crippen LogP contribution in [0.25, 0.3) is 33.3 Å². The minimum absolute atomic E-state index is 0.0935. The Kier molecular flexibility index (Phi) is 7.78. The molecule has 1 unspecified atom stereocenters. The summed E-state index contributed by atoms with van der Waals surface area (Å²) < 4.78 is 8.38. The van der Waals surface area contributed by atoms with Crippen LogP contribution in [0.5, 0.6) is 5.88 Å². The maximum Gasteiger partial charge on any atom is 0.330 e. The summed E-state index contributed by atoms with van der Waals surface area (Å²) in [5, 5.41) is 7.59. The van der Waals surface area contributed by atoms with Gasteiger partial charge in [-0.25, -0.2) is 14.8 Å². The average Bonchev–Trinajstić information content (AvgIpc) is 3.70. The number of amides is 1. The molecule has 0 saturated carbocycles. The average molecular weight is 713 g/mol. The third kappa shape index (κ3) is 5.09. The molecule has 0 bridgehead atoms. The van der Waals surface area contributed by atoms with Crippen LogP contribution in [-0.2, 0) is 25.3 Å². The first kappa shape index (κ1) is 32.5. The molecule has 5 heterocycles. The molecule has 2 aromatic carbocycles. The fraction of sp³-hybridized carbons (Fsp3) is 0.324. The summed E-state index contributed by atoms with van der Waals surface area (Å²) in [5.74, 6) is 1.02. The van der Waals surface area contributed by atoms with Gasteiger partial charge in [0.2, 0.25) is 11.8 Å². The van der Waals surface area contributed by atoms with E-state index in [0.717, 1.165) is 48.0 Å². The summed E-state index contributed by atoms with van der Waals surface area (Å²) >= 11 is 14.3. The number of aromatic nitrogens is 4. The van der Waals surface area contributed by atoms with Crippen molar-refractivity contribution < 1.29 is 9.53 Å². The molecule has 11 nitrogen and oxygen atoms in total. The number of halogens is 2. The van der Waals surface area contributed by atoms with Crippen LogP contribution in [-0.4, -0.2) is 55.6 Å². The smallest absolute Gasteiger partial charge is 0.330 e. The number of carbonyl (C=O) groups excluding carboxylic acids is 1. The van der Waals surface area contributed by atoms with Crippen molar-refractivity contribution >= 4 is 51.5 Å². The van der Waals surface area contributed by atoms with E-state index >= 15 is 0 Å². The molecule has 256 valence electrons. The SMILES string of the molecule is COc1nc(-c2cccc(-c3cccc(Nc4nc(C)cc5c4c(=O)n(C)c(=O)n5C)c3Cl)c2Cl)cc2c1C(N1CC3(CCC(=O)N3)C1)CC2. The molecule has 5 aromatic rings. The molecule has 3 aliphatic rings. The number of hydrogen-bond donors (Lipinski definition) is 2. The highest BCUT2D eigenvalue weighted by Crippen LogP contribution is 2.48. The van der Waals surface area contributed by atoms with Crippen molar-refractivity contribution in [1.82, 2.24) is 29.3 Å². The van der Waals surface area contributed by atoms with E-state index in [-0.39, 0.29) is 22.9 Å². The summed E-state index contributed by atoms with van der Waals surface area (Å²) in [6.45, 7) is 3.47. The molecule has 2 N–H and O–H groups in total. The number of carbonyl (C=O) groups is 1.